The summed E-state index contributed by atoms with van der Waals surface area (Å²) in [5, 5.41) is 2.80. The van der Waals surface area contributed by atoms with Gasteiger partial charge in [-0.3, -0.25) is 14.0 Å². The summed E-state index contributed by atoms with van der Waals surface area (Å²) in [6.45, 7) is 8.44. The van der Waals surface area contributed by atoms with Gasteiger partial charge < -0.3 is 20.0 Å². The number of rotatable bonds is 10. The summed E-state index contributed by atoms with van der Waals surface area (Å²) < 4.78 is 2.03. The number of carbonyl (C=O) groups is 2. The highest BCUT2D eigenvalue weighted by Crippen LogP contribution is 2.25. The first-order chi connectivity index (χ1) is 16.2. The standard InChI is InChI=1S/C26H36N6O2/c1-7-23-25(30(6)17-20-9-12-22(13-10-20)27-19(3)33)32-18-21(11-14-24(32)28-23)26(34)31(8-2)16-15-29(4)5/h9-14,18H,7-8,15-17H2,1-6H3,(H,27,33). The Hall–Kier alpha value is -3.39. The van der Waals surface area contributed by atoms with Gasteiger partial charge in [-0.05, 0) is 57.3 Å². The molecule has 0 atom stereocenters. The Morgan fingerprint density at radius 1 is 1.00 bits per heavy atom. The second-order valence-corrected chi connectivity index (χ2v) is 8.80. The number of amides is 2. The van der Waals surface area contributed by atoms with Crippen LogP contribution in [0.3, 0.4) is 0 Å². The Morgan fingerprint density at radius 2 is 1.71 bits per heavy atom. The molecule has 0 bridgehead atoms. The molecule has 1 aromatic carbocycles. The molecule has 3 aromatic rings. The molecular weight excluding hydrogens is 428 g/mol. The van der Waals surface area contributed by atoms with Crippen molar-refractivity contribution in [3.8, 4) is 0 Å². The number of aryl methyl sites for hydroxylation is 1. The van der Waals surface area contributed by atoms with Gasteiger partial charge in [0.25, 0.3) is 5.91 Å². The van der Waals surface area contributed by atoms with Crippen LogP contribution in [0.2, 0.25) is 0 Å². The Morgan fingerprint density at radius 3 is 2.29 bits per heavy atom. The third kappa shape index (κ3) is 5.94. The number of imidazole rings is 1. The minimum atomic E-state index is -0.0862. The van der Waals surface area contributed by atoms with Crippen molar-refractivity contribution in [1.29, 1.82) is 0 Å². The molecule has 1 N–H and O–H groups in total. The molecule has 34 heavy (non-hydrogen) atoms. The Kier molecular flexibility index (Phi) is 8.28. The zero-order valence-electron chi connectivity index (χ0n) is 21.1. The smallest absolute Gasteiger partial charge is 0.255 e. The monoisotopic (exact) mass is 464 g/mol. The quantitative estimate of drug-likeness (QED) is 0.497. The molecule has 2 heterocycles. The molecular formula is C26H36N6O2. The Balaban J connectivity index is 1.89. The fourth-order valence-corrected chi connectivity index (χ4v) is 4.00. The molecule has 0 spiro atoms. The predicted molar refractivity (Wildman–Crippen MR) is 138 cm³/mol. The summed E-state index contributed by atoms with van der Waals surface area (Å²) in [6, 6.07) is 11.6. The van der Waals surface area contributed by atoms with E-state index in [0.29, 0.717) is 25.2 Å². The first-order valence-corrected chi connectivity index (χ1v) is 11.8. The number of fused-ring (bicyclic) bond motifs is 1. The molecule has 2 aromatic heterocycles. The van der Waals surface area contributed by atoms with Gasteiger partial charge in [-0.1, -0.05) is 19.1 Å². The molecule has 0 aliphatic heterocycles. The van der Waals surface area contributed by atoms with E-state index in [2.05, 4.69) is 22.0 Å². The molecule has 0 unspecified atom stereocenters. The molecule has 0 aliphatic carbocycles. The van der Waals surface area contributed by atoms with Crippen molar-refractivity contribution in [1.82, 2.24) is 19.2 Å². The van der Waals surface area contributed by atoms with Crippen LogP contribution in [0.5, 0.6) is 0 Å². The lowest BCUT2D eigenvalue weighted by Gasteiger charge is -2.23. The molecule has 0 aliphatic rings. The van der Waals surface area contributed by atoms with Crippen LogP contribution in [0.15, 0.2) is 42.6 Å². The number of benzene rings is 1. The number of hydrogen-bond donors (Lipinski definition) is 1. The third-order valence-corrected chi connectivity index (χ3v) is 5.79. The number of nitrogens with zero attached hydrogens (tertiary/aromatic N) is 5. The highest BCUT2D eigenvalue weighted by molar-refractivity contribution is 5.94. The largest absolute Gasteiger partial charge is 0.355 e. The van der Waals surface area contributed by atoms with Gasteiger partial charge in [0.15, 0.2) is 0 Å². The van der Waals surface area contributed by atoms with Gasteiger partial charge in [-0.25, -0.2) is 4.98 Å². The van der Waals surface area contributed by atoms with Crippen LogP contribution in [-0.4, -0.2) is 71.8 Å². The molecule has 182 valence electrons. The summed E-state index contributed by atoms with van der Waals surface area (Å²) in [5.74, 6) is 0.923. The Labute approximate surface area is 202 Å². The van der Waals surface area contributed by atoms with Gasteiger partial charge >= 0.3 is 0 Å². The van der Waals surface area contributed by atoms with E-state index >= 15 is 0 Å². The third-order valence-electron chi connectivity index (χ3n) is 5.79. The van der Waals surface area contributed by atoms with Crippen LogP contribution in [0.1, 0.15) is 42.4 Å². The first-order valence-electron chi connectivity index (χ1n) is 11.8. The zero-order valence-corrected chi connectivity index (χ0v) is 21.1. The van der Waals surface area contributed by atoms with Crippen molar-refractivity contribution in [2.75, 3.05) is 51.0 Å². The number of carbonyl (C=O) groups excluding carboxylic acids is 2. The SMILES string of the molecule is CCc1nc2ccc(C(=O)N(CC)CCN(C)C)cn2c1N(C)Cc1ccc(NC(C)=O)cc1. The lowest BCUT2D eigenvalue weighted by atomic mass is 10.2. The van der Waals surface area contributed by atoms with Crippen LogP contribution >= 0.6 is 0 Å². The summed E-state index contributed by atoms with van der Waals surface area (Å²) in [5.41, 5.74) is 4.36. The van der Waals surface area contributed by atoms with E-state index in [-0.39, 0.29) is 11.8 Å². The summed E-state index contributed by atoms with van der Waals surface area (Å²) >= 11 is 0. The topological polar surface area (TPSA) is 73.2 Å². The number of hydrogen-bond acceptors (Lipinski definition) is 5. The average molecular weight is 465 g/mol. The van der Waals surface area contributed by atoms with E-state index in [1.165, 1.54) is 6.92 Å². The summed E-state index contributed by atoms with van der Waals surface area (Å²) in [7, 11) is 6.06. The van der Waals surface area contributed by atoms with Crippen molar-refractivity contribution in [2.45, 2.75) is 33.7 Å². The normalized spacial score (nSPS) is 11.1. The zero-order chi connectivity index (χ0) is 24.8. The van der Waals surface area contributed by atoms with Crippen molar-refractivity contribution in [2.24, 2.45) is 0 Å². The van der Waals surface area contributed by atoms with Gasteiger partial charge in [-0.15, -0.1) is 0 Å². The van der Waals surface area contributed by atoms with E-state index < -0.39 is 0 Å². The fraction of sp³-hybridized carbons (Fsp3) is 0.423. The lowest BCUT2D eigenvalue weighted by molar-refractivity contribution is -0.114. The number of pyridine rings is 1. The van der Waals surface area contributed by atoms with Crippen molar-refractivity contribution in [3.05, 3.63) is 59.4 Å². The number of nitrogens with one attached hydrogen (secondary N) is 1. The number of anilines is 2. The van der Waals surface area contributed by atoms with E-state index in [1.807, 2.05) is 80.0 Å². The van der Waals surface area contributed by atoms with Crippen LogP contribution in [0, 0.1) is 0 Å². The van der Waals surface area contributed by atoms with Gasteiger partial charge in [0.2, 0.25) is 5.91 Å². The first kappa shape index (κ1) is 25.2. The number of likely N-dealkylation sites (N-methyl/N-ethyl adjacent to an activating group) is 2. The molecule has 8 nitrogen and oxygen atoms in total. The molecule has 2 amide bonds. The van der Waals surface area contributed by atoms with Crippen LogP contribution in [0.25, 0.3) is 5.65 Å². The predicted octanol–water partition coefficient (Wildman–Crippen LogP) is 3.52. The summed E-state index contributed by atoms with van der Waals surface area (Å²) in [6.07, 6.45) is 2.70. The van der Waals surface area contributed by atoms with E-state index in [4.69, 9.17) is 4.98 Å². The van der Waals surface area contributed by atoms with Crippen molar-refractivity contribution >= 4 is 29.0 Å². The van der Waals surface area contributed by atoms with Crippen molar-refractivity contribution in [3.63, 3.8) is 0 Å². The van der Waals surface area contributed by atoms with Gasteiger partial charge in [-0.2, -0.15) is 0 Å². The maximum absolute atomic E-state index is 13.2. The molecule has 3 rings (SSSR count). The van der Waals surface area contributed by atoms with E-state index in [0.717, 1.165) is 41.4 Å². The van der Waals surface area contributed by atoms with Gasteiger partial charge in [0.1, 0.15) is 11.5 Å². The summed E-state index contributed by atoms with van der Waals surface area (Å²) in [4.78, 5) is 35.4. The molecule has 8 heteroatoms. The minimum Gasteiger partial charge on any atom is -0.355 e. The second-order valence-electron chi connectivity index (χ2n) is 8.80. The van der Waals surface area contributed by atoms with Gasteiger partial charge in [0, 0.05) is 52.0 Å². The lowest BCUT2D eigenvalue weighted by Crippen LogP contribution is -2.36. The molecule has 0 radical (unpaired) electrons. The second kappa shape index (κ2) is 11.2. The molecule has 0 fully saturated rings. The molecule has 0 saturated heterocycles. The van der Waals surface area contributed by atoms with Crippen LogP contribution in [-0.2, 0) is 17.8 Å². The van der Waals surface area contributed by atoms with Crippen LogP contribution < -0.4 is 10.2 Å². The number of aromatic nitrogens is 2. The fourth-order valence-electron chi connectivity index (χ4n) is 4.00. The Bertz CT molecular complexity index is 1140. The van der Waals surface area contributed by atoms with Crippen molar-refractivity contribution < 1.29 is 9.59 Å². The minimum absolute atomic E-state index is 0.0279. The maximum Gasteiger partial charge on any atom is 0.255 e. The van der Waals surface area contributed by atoms with E-state index in [1.54, 1.807) is 0 Å². The van der Waals surface area contributed by atoms with E-state index in [9.17, 15) is 9.59 Å². The average Bonchev–Trinajstić information content (AvgIpc) is 3.18. The maximum atomic E-state index is 13.2. The van der Waals surface area contributed by atoms with Gasteiger partial charge in [0.05, 0.1) is 11.3 Å². The molecule has 0 saturated carbocycles. The highest BCUT2D eigenvalue weighted by Gasteiger charge is 2.19. The highest BCUT2D eigenvalue weighted by atomic mass is 16.2. The van der Waals surface area contributed by atoms with Crippen LogP contribution in [0.4, 0.5) is 11.5 Å².